The van der Waals surface area contributed by atoms with Crippen molar-refractivity contribution in [2.75, 3.05) is 0 Å². The van der Waals surface area contributed by atoms with Gasteiger partial charge in [-0.1, -0.05) is 18.2 Å². The van der Waals surface area contributed by atoms with E-state index in [1.807, 2.05) is 0 Å². The van der Waals surface area contributed by atoms with E-state index in [0.29, 0.717) is 5.56 Å². The van der Waals surface area contributed by atoms with Crippen LogP contribution in [0.5, 0.6) is 0 Å². The van der Waals surface area contributed by atoms with Crippen LogP contribution < -0.4 is 0 Å². The average molecular weight is 346 g/mol. The standard InChI is InChI=1S/C14H8BrClF2O/c15-12-10(2-1-3-11(12)18)14(19)13(16)8-4-6-9(17)7-5-8/h1-7,13H. The van der Waals surface area contributed by atoms with E-state index in [2.05, 4.69) is 15.9 Å². The topological polar surface area (TPSA) is 17.1 Å². The number of alkyl halides is 1. The Balaban J connectivity index is 2.33. The highest BCUT2D eigenvalue weighted by Gasteiger charge is 2.22. The van der Waals surface area contributed by atoms with Gasteiger partial charge >= 0.3 is 0 Å². The number of carbonyl (C=O) groups excluding carboxylic acids is 1. The summed E-state index contributed by atoms with van der Waals surface area (Å²) in [5, 5.41) is -0.987. The quantitative estimate of drug-likeness (QED) is 0.572. The van der Waals surface area contributed by atoms with Crippen LogP contribution in [-0.2, 0) is 0 Å². The molecule has 98 valence electrons. The predicted octanol–water partition coefficient (Wildman–Crippen LogP) is 4.89. The highest BCUT2D eigenvalue weighted by atomic mass is 79.9. The third-order valence-corrected chi connectivity index (χ3v) is 3.87. The summed E-state index contributed by atoms with van der Waals surface area (Å²) in [6.07, 6.45) is 0. The molecule has 19 heavy (non-hydrogen) atoms. The Hall–Kier alpha value is -1.26. The number of hydrogen-bond donors (Lipinski definition) is 0. The first-order valence-electron chi connectivity index (χ1n) is 5.38. The molecule has 0 aliphatic rings. The van der Waals surface area contributed by atoms with Crippen LogP contribution in [-0.4, -0.2) is 5.78 Å². The van der Waals surface area contributed by atoms with Gasteiger partial charge in [0.15, 0.2) is 5.78 Å². The van der Waals surface area contributed by atoms with Crippen LogP contribution >= 0.6 is 27.5 Å². The fourth-order valence-corrected chi connectivity index (χ4v) is 2.34. The van der Waals surface area contributed by atoms with Gasteiger partial charge in [0.05, 0.1) is 4.47 Å². The van der Waals surface area contributed by atoms with Gasteiger partial charge < -0.3 is 0 Å². The minimum Gasteiger partial charge on any atom is -0.292 e. The Morgan fingerprint density at radius 1 is 1.11 bits per heavy atom. The lowest BCUT2D eigenvalue weighted by molar-refractivity contribution is 0.0986. The van der Waals surface area contributed by atoms with Crippen molar-refractivity contribution in [2.24, 2.45) is 0 Å². The molecule has 1 atom stereocenters. The van der Waals surface area contributed by atoms with Gasteiger partial charge in [-0.15, -0.1) is 11.6 Å². The third-order valence-electron chi connectivity index (χ3n) is 2.61. The van der Waals surface area contributed by atoms with Gasteiger partial charge in [0.1, 0.15) is 17.0 Å². The van der Waals surface area contributed by atoms with E-state index in [0.717, 1.165) is 0 Å². The van der Waals surface area contributed by atoms with Crippen LogP contribution in [0.15, 0.2) is 46.9 Å². The van der Waals surface area contributed by atoms with E-state index in [-0.39, 0.29) is 10.0 Å². The highest BCUT2D eigenvalue weighted by Crippen LogP contribution is 2.29. The molecule has 0 heterocycles. The lowest BCUT2D eigenvalue weighted by Crippen LogP contribution is -2.09. The molecule has 1 unspecified atom stereocenters. The number of hydrogen-bond acceptors (Lipinski definition) is 1. The minimum atomic E-state index is -0.987. The largest absolute Gasteiger partial charge is 0.292 e. The third kappa shape index (κ3) is 3.01. The predicted molar refractivity (Wildman–Crippen MR) is 73.4 cm³/mol. The lowest BCUT2D eigenvalue weighted by Gasteiger charge is -2.10. The number of carbonyl (C=O) groups is 1. The zero-order chi connectivity index (χ0) is 14.0. The number of Topliss-reactive ketones (excluding diaryl/α,β-unsaturated/α-hetero) is 1. The molecule has 2 aromatic rings. The molecule has 0 bridgehead atoms. The number of halogens is 4. The molecule has 0 aromatic heterocycles. The SMILES string of the molecule is O=C(c1cccc(F)c1Br)C(Cl)c1ccc(F)cc1. The first-order chi connectivity index (χ1) is 9.00. The summed E-state index contributed by atoms with van der Waals surface area (Å²) in [4.78, 5) is 12.2. The van der Waals surface area contributed by atoms with E-state index in [1.54, 1.807) is 0 Å². The molecule has 2 aromatic carbocycles. The number of benzene rings is 2. The van der Waals surface area contributed by atoms with Crippen molar-refractivity contribution in [1.29, 1.82) is 0 Å². The molecule has 0 aliphatic carbocycles. The molecule has 0 spiro atoms. The molecule has 0 N–H and O–H groups in total. The van der Waals surface area contributed by atoms with Crippen molar-refractivity contribution in [2.45, 2.75) is 5.38 Å². The van der Waals surface area contributed by atoms with Crippen molar-refractivity contribution in [3.63, 3.8) is 0 Å². The van der Waals surface area contributed by atoms with Crippen LogP contribution in [0, 0.1) is 11.6 Å². The van der Waals surface area contributed by atoms with E-state index in [9.17, 15) is 13.6 Å². The highest BCUT2D eigenvalue weighted by molar-refractivity contribution is 9.10. The van der Waals surface area contributed by atoms with E-state index in [4.69, 9.17) is 11.6 Å². The van der Waals surface area contributed by atoms with Crippen molar-refractivity contribution in [1.82, 2.24) is 0 Å². The zero-order valence-corrected chi connectivity index (χ0v) is 11.9. The van der Waals surface area contributed by atoms with Gasteiger partial charge in [-0.3, -0.25) is 4.79 Å². The van der Waals surface area contributed by atoms with Crippen LogP contribution in [0.25, 0.3) is 0 Å². The Morgan fingerprint density at radius 2 is 1.74 bits per heavy atom. The molecular weight excluding hydrogens is 338 g/mol. The van der Waals surface area contributed by atoms with Crippen LogP contribution in [0.3, 0.4) is 0 Å². The summed E-state index contributed by atoms with van der Waals surface area (Å²) in [6, 6.07) is 9.45. The summed E-state index contributed by atoms with van der Waals surface area (Å²) in [7, 11) is 0. The van der Waals surface area contributed by atoms with Gasteiger partial charge in [-0.05, 0) is 45.8 Å². The van der Waals surface area contributed by atoms with Gasteiger partial charge in [0.2, 0.25) is 0 Å². The molecule has 0 saturated carbocycles. The van der Waals surface area contributed by atoms with Crippen LogP contribution in [0.2, 0.25) is 0 Å². The lowest BCUT2D eigenvalue weighted by atomic mass is 10.0. The second kappa shape index (κ2) is 5.80. The monoisotopic (exact) mass is 344 g/mol. The normalized spacial score (nSPS) is 12.2. The summed E-state index contributed by atoms with van der Waals surface area (Å²) >= 11 is 9.07. The van der Waals surface area contributed by atoms with E-state index < -0.39 is 22.8 Å². The fraction of sp³-hybridized carbons (Fsp3) is 0.0714. The van der Waals surface area contributed by atoms with Crippen molar-refractivity contribution < 1.29 is 13.6 Å². The molecule has 1 nitrogen and oxygen atoms in total. The maximum Gasteiger partial charge on any atom is 0.186 e. The van der Waals surface area contributed by atoms with Gasteiger partial charge in [-0.2, -0.15) is 0 Å². The van der Waals surface area contributed by atoms with Crippen LogP contribution in [0.1, 0.15) is 21.3 Å². The number of ketones is 1. The second-order valence-corrected chi connectivity index (χ2v) is 5.11. The van der Waals surface area contributed by atoms with Crippen LogP contribution in [0.4, 0.5) is 8.78 Å². The molecule has 0 fully saturated rings. The summed E-state index contributed by atoms with van der Waals surface area (Å²) in [5.74, 6) is -1.39. The Labute approximate surface area is 122 Å². The first kappa shape index (κ1) is 14.2. The Morgan fingerprint density at radius 3 is 2.37 bits per heavy atom. The molecule has 2 rings (SSSR count). The van der Waals surface area contributed by atoms with Crippen molar-refractivity contribution in [3.8, 4) is 0 Å². The maximum absolute atomic E-state index is 13.4. The van der Waals surface area contributed by atoms with Gasteiger partial charge in [0.25, 0.3) is 0 Å². The molecule has 5 heteroatoms. The number of rotatable bonds is 3. The average Bonchev–Trinajstić information content (AvgIpc) is 2.41. The Bertz CT molecular complexity index is 613. The zero-order valence-electron chi connectivity index (χ0n) is 9.54. The summed E-state index contributed by atoms with van der Waals surface area (Å²) < 4.78 is 26.2. The molecule has 0 radical (unpaired) electrons. The second-order valence-electron chi connectivity index (χ2n) is 3.88. The molecule has 0 aliphatic heterocycles. The summed E-state index contributed by atoms with van der Waals surface area (Å²) in [5.41, 5.74) is 0.619. The van der Waals surface area contributed by atoms with Crippen molar-refractivity contribution in [3.05, 3.63) is 69.7 Å². The Kier molecular flexibility index (Phi) is 4.32. The summed E-state index contributed by atoms with van der Waals surface area (Å²) in [6.45, 7) is 0. The molecular formula is C14H8BrClF2O. The maximum atomic E-state index is 13.4. The van der Waals surface area contributed by atoms with E-state index in [1.165, 1.54) is 42.5 Å². The van der Waals surface area contributed by atoms with Gasteiger partial charge in [0, 0.05) is 5.56 Å². The molecule has 0 saturated heterocycles. The van der Waals surface area contributed by atoms with E-state index >= 15 is 0 Å². The minimum absolute atomic E-state index is 0.0766. The van der Waals surface area contributed by atoms with Crippen molar-refractivity contribution >= 4 is 33.3 Å². The fourth-order valence-electron chi connectivity index (χ4n) is 1.61. The molecule has 0 amide bonds. The van der Waals surface area contributed by atoms with Gasteiger partial charge in [-0.25, -0.2) is 8.78 Å². The first-order valence-corrected chi connectivity index (χ1v) is 6.61. The smallest absolute Gasteiger partial charge is 0.186 e.